The molecule has 7 nitrogen and oxygen atoms in total. The van der Waals surface area contributed by atoms with E-state index in [4.69, 9.17) is 9.47 Å². The molecule has 0 aliphatic carbocycles. The van der Waals surface area contributed by atoms with E-state index < -0.39 is 5.60 Å². The van der Waals surface area contributed by atoms with Gasteiger partial charge in [0.2, 0.25) is 5.88 Å². The second-order valence-corrected chi connectivity index (χ2v) is 7.62. The van der Waals surface area contributed by atoms with Crippen LogP contribution in [0.4, 0.5) is 4.79 Å². The van der Waals surface area contributed by atoms with Crippen LogP contribution in [0, 0.1) is 5.92 Å². The number of amides is 1. The molecular formula is C18H30N4O3. The zero-order valence-electron chi connectivity index (χ0n) is 16.0. The lowest BCUT2D eigenvalue weighted by molar-refractivity contribution is 0.0172. The molecule has 25 heavy (non-hydrogen) atoms. The number of piperidine rings is 1. The minimum atomic E-state index is -0.441. The summed E-state index contributed by atoms with van der Waals surface area (Å²) in [6, 6.07) is 0. The number of hydrogen-bond acceptors (Lipinski definition) is 6. The highest BCUT2D eigenvalue weighted by Crippen LogP contribution is 2.21. The molecule has 1 fully saturated rings. The summed E-state index contributed by atoms with van der Waals surface area (Å²) in [6.45, 7) is 8.85. The van der Waals surface area contributed by atoms with Crippen molar-refractivity contribution in [3.05, 3.63) is 18.1 Å². The summed E-state index contributed by atoms with van der Waals surface area (Å²) < 4.78 is 10.7. The molecule has 0 atom stereocenters. The number of carbonyl (C=O) groups is 1. The van der Waals surface area contributed by atoms with Gasteiger partial charge >= 0.3 is 6.09 Å². The maximum atomic E-state index is 12.1. The third-order valence-corrected chi connectivity index (χ3v) is 4.18. The molecule has 0 radical (unpaired) electrons. The van der Waals surface area contributed by atoms with E-state index in [0.29, 0.717) is 18.3 Å². The van der Waals surface area contributed by atoms with Gasteiger partial charge < -0.3 is 19.3 Å². The molecule has 2 heterocycles. The minimum absolute atomic E-state index is 0.205. The van der Waals surface area contributed by atoms with E-state index in [9.17, 15) is 4.79 Å². The predicted molar refractivity (Wildman–Crippen MR) is 95.4 cm³/mol. The maximum absolute atomic E-state index is 12.1. The summed E-state index contributed by atoms with van der Waals surface area (Å²) in [6.07, 6.45) is 5.09. The molecule has 0 spiro atoms. The SMILES string of the molecule is COc1nccnc1CN(C)CC1CCN(C(=O)OC(C)(C)C)CC1. The zero-order valence-corrected chi connectivity index (χ0v) is 16.0. The molecule has 1 saturated heterocycles. The Kier molecular flexibility index (Phi) is 6.58. The lowest BCUT2D eigenvalue weighted by Gasteiger charge is -2.34. The molecule has 0 saturated carbocycles. The standard InChI is InChI=1S/C18H30N4O3/c1-18(2,3)25-17(23)22-10-6-14(7-11-22)12-21(4)13-15-16(24-5)20-9-8-19-15/h8-9,14H,6-7,10-13H2,1-5H3. The van der Waals surface area contributed by atoms with Crippen molar-refractivity contribution in [2.45, 2.75) is 45.8 Å². The summed E-state index contributed by atoms with van der Waals surface area (Å²) in [5.74, 6) is 1.14. The minimum Gasteiger partial charge on any atom is -0.480 e. The van der Waals surface area contributed by atoms with E-state index in [1.807, 2.05) is 25.7 Å². The highest BCUT2D eigenvalue weighted by Gasteiger charge is 2.27. The van der Waals surface area contributed by atoms with Crippen molar-refractivity contribution in [1.82, 2.24) is 19.8 Å². The van der Waals surface area contributed by atoms with Gasteiger partial charge in [0.25, 0.3) is 0 Å². The summed E-state index contributed by atoms with van der Waals surface area (Å²) in [7, 11) is 3.69. The molecule has 0 aromatic carbocycles. The molecule has 140 valence electrons. The van der Waals surface area contributed by atoms with Crippen LogP contribution in [0.2, 0.25) is 0 Å². The van der Waals surface area contributed by atoms with Gasteiger partial charge in [-0.25, -0.2) is 9.78 Å². The van der Waals surface area contributed by atoms with E-state index in [0.717, 1.165) is 38.2 Å². The van der Waals surface area contributed by atoms with Crippen molar-refractivity contribution in [3.8, 4) is 5.88 Å². The number of nitrogens with zero attached hydrogens (tertiary/aromatic N) is 4. The molecule has 1 aliphatic rings. The fourth-order valence-electron chi connectivity index (χ4n) is 3.02. The van der Waals surface area contributed by atoms with Gasteiger partial charge in [-0.3, -0.25) is 4.98 Å². The van der Waals surface area contributed by atoms with Crippen molar-refractivity contribution < 1.29 is 14.3 Å². The largest absolute Gasteiger partial charge is 0.480 e. The van der Waals surface area contributed by atoms with Crippen LogP contribution >= 0.6 is 0 Å². The molecular weight excluding hydrogens is 320 g/mol. The summed E-state index contributed by atoms with van der Waals surface area (Å²) >= 11 is 0. The first kappa shape index (κ1) is 19.4. The van der Waals surface area contributed by atoms with Crippen LogP contribution in [0.15, 0.2) is 12.4 Å². The van der Waals surface area contributed by atoms with Gasteiger partial charge in [0.05, 0.1) is 7.11 Å². The quantitative estimate of drug-likeness (QED) is 0.813. The highest BCUT2D eigenvalue weighted by atomic mass is 16.6. The predicted octanol–water partition coefficient (Wildman–Crippen LogP) is 2.56. The number of likely N-dealkylation sites (tertiary alicyclic amines) is 1. The second kappa shape index (κ2) is 8.47. The molecule has 1 aliphatic heterocycles. The van der Waals surface area contributed by atoms with E-state index in [-0.39, 0.29) is 6.09 Å². The first-order valence-corrected chi connectivity index (χ1v) is 8.79. The third kappa shape index (κ3) is 6.16. The Hall–Kier alpha value is -1.89. The maximum Gasteiger partial charge on any atom is 0.410 e. The van der Waals surface area contributed by atoms with Crippen molar-refractivity contribution in [1.29, 1.82) is 0 Å². The number of hydrogen-bond donors (Lipinski definition) is 0. The Bertz CT molecular complexity index is 566. The van der Waals surface area contributed by atoms with Crippen LogP contribution in [0.1, 0.15) is 39.3 Å². The van der Waals surface area contributed by atoms with Gasteiger partial charge in [0.1, 0.15) is 11.3 Å². The molecule has 0 N–H and O–H groups in total. The Morgan fingerprint density at radius 2 is 1.92 bits per heavy atom. The lowest BCUT2D eigenvalue weighted by atomic mass is 9.96. The summed E-state index contributed by atoms with van der Waals surface area (Å²) in [5.41, 5.74) is 0.405. The fraction of sp³-hybridized carbons (Fsp3) is 0.722. The van der Waals surface area contributed by atoms with Crippen LogP contribution in [-0.2, 0) is 11.3 Å². The van der Waals surface area contributed by atoms with Crippen LogP contribution in [0.25, 0.3) is 0 Å². The second-order valence-electron chi connectivity index (χ2n) is 7.62. The Labute approximate surface area is 150 Å². The van der Waals surface area contributed by atoms with Gasteiger partial charge in [0, 0.05) is 38.6 Å². The Morgan fingerprint density at radius 3 is 2.52 bits per heavy atom. The normalized spacial score (nSPS) is 16.2. The van der Waals surface area contributed by atoms with Crippen LogP contribution < -0.4 is 4.74 Å². The number of carbonyl (C=O) groups excluding carboxylic acids is 1. The first-order chi connectivity index (χ1) is 11.8. The first-order valence-electron chi connectivity index (χ1n) is 8.79. The van der Waals surface area contributed by atoms with Crippen molar-refractivity contribution >= 4 is 6.09 Å². The van der Waals surface area contributed by atoms with Gasteiger partial charge in [-0.1, -0.05) is 0 Å². The number of ether oxygens (including phenoxy) is 2. The van der Waals surface area contributed by atoms with Crippen LogP contribution in [0.3, 0.4) is 0 Å². The van der Waals surface area contributed by atoms with Gasteiger partial charge in [0.15, 0.2) is 0 Å². The highest BCUT2D eigenvalue weighted by molar-refractivity contribution is 5.68. The number of rotatable bonds is 5. The molecule has 0 unspecified atom stereocenters. The molecule has 1 aromatic heterocycles. The Balaban J connectivity index is 1.78. The number of aromatic nitrogens is 2. The Morgan fingerprint density at radius 1 is 1.28 bits per heavy atom. The fourth-order valence-corrected chi connectivity index (χ4v) is 3.02. The van der Waals surface area contributed by atoms with Crippen molar-refractivity contribution in [2.75, 3.05) is 33.8 Å². The molecule has 0 bridgehead atoms. The third-order valence-electron chi connectivity index (χ3n) is 4.18. The van der Waals surface area contributed by atoms with E-state index in [1.165, 1.54) is 0 Å². The zero-order chi connectivity index (χ0) is 18.4. The molecule has 1 aromatic rings. The molecule has 7 heteroatoms. The number of methoxy groups -OCH3 is 1. The van der Waals surface area contributed by atoms with Crippen molar-refractivity contribution in [2.24, 2.45) is 5.92 Å². The van der Waals surface area contributed by atoms with Gasteiger partial charge in [-0.15, -0.1) is 0 Å². The van der Waals surface area contributed by atoms with Gasteiger partial charge in [-0.2, -0.15) is 0 Å². The monoisotopic (exact) mass is 350 g/mol. The average Bonchev–Trinajstić information content (AvgIpc) is 2.54. The average molecular weight is 350 g/mol. The topological polar surface area (TPSA) is 67.8 Å². The van der Waals surface area contributed by atoms with E-state index in [2.05, 4.69) is 21.9 Å². The lowest BCUT2D eigenvalue weighted by Crippen LogP contribution is -2.43. The summed E-state index contributed by atoms with van der Waals surface area (Å²) in [4.78, 5) is 24.7. The van der Waals surface area contributed by atoms with E-state index in [1.54, 1.807) is 19.5 Å². The van der Waals surface area contributed by atoms with E-state index >= 15 is 0 Å². The van der Waals surface area contributed by atoms with Gasteiger partial charge in [-0.05, 0) is 46.6 Å². The van der Waals surface area contributed by atoms with Crippen molar-refractivity contribution in [3.63, 3.8) is 0 Å². The van der Waals surface area contributed by atoms with Crippen LogP contribution in [0.5, 0.6) is 5.88 Å². The molecule has 1 amide bonds. The molecule has 2 rings (SSSR count). The smallest absolute Gasteiger partial charge is 0.410 e. The summed E-state index contributed by atoms with van der Waals surface area (Å²) in [5, 5.41) is 0. The van der Waals surface area contributed by atoms with Crippen LogP contribution in [-0.4, -0.2) is 65.3 Å².